The van der Waals surface area contributed by atoms with Crippen molar-refractivity contribution in [3.05, 3.63) is 34.1 Å². The Morgan fingerprint density at radius 3 is 2.72 bits per heavy atom. The minimum Gasteiger partial charge on any atom is -0.379 e. The van der Waals surface area contributed by atoms with Gasteiger partial charge in [-0.2, -0.15) is 0 Å². The first-order valence-electron chi connectivity index (χ1n) is 6.24. The first-order chi connectivity index (χ1) is 8.56. The Labute approximate surface area is 105 Å². The topological polar surface area (TPSA) is 55.2 Å². The second-order valence-electron chi connectivity index (χ2n) is 4.98. The van der Waals surface area contributed by atoms with Crippen LogP contribution in [0, 0.1) is 21.3 Å². The lowest BCUT2D eigenvalue weighted by Crippen LogP contribution is -2.35. The Morgan fingerprint density at radius 1 is 1.50 bits per heavy atom. The first kappa shape index (κ1) is 12.8. The molecule has 1 fully saturated rings. The second-order valence-corrected chi connectivity index (χ2v) is 4.98. The van der Waals surface area contributed by atoms with E-state index in [4.69, 9.17) is 0 Å². The fourth-order valence-electron chi connectivity index (χ4n) is 2.42. The summed E-state index contributed by atoms with van der Waals surface area (Å²) in [6.07, 6.45) is 4.60. The summed E-state index contributed by atoms with van der Waals surface area (Å²) in [7, 11) is 0. The molecule has 0 aromatic heterocycles. The molecule has 1 N–H and O–H groups in total. The van der Waals surface area contributed by atoms with E-state index >= 15 is 0 Å². The Balaban J connectivity index is 2.11. The molecule has 1 aromatic carbocycles. The molecule has 1 aromatic rings. The van der Waals surface area contributed by atoms with Gasteiger partial charge in [0.15, 0.2) is 0 Å². The zero-order valence-corrected chi connectivity index (χ0v) is 10.4. The van der Waals surface area contributed by atoms with Crippen LogP contribution in [0.2, 0.25) is 0 Å². The maximum absolute atomic E-state index is 13.0. The summed E-state index contributed by atoms with van der Waals surface area (Å²) in [4.78, 5) is 10.3. The van der Waals surface area contributed by atoms with Gasteiger partial charge in [-0.25, -0.2) is 4.39 Å². The molecular formula is C13H17FN2O2. The number of nitro groups is 1. The van der Waals surface area contributed by atoms with Crippen LogP contribution >= 0.6 is 0 Å². The third kappa shape index (κ3) is 2.44. The van der Waals surface area contributed by atoms with E-state index in [1.54, 1.807) is 0 Å². The molecule has 98 valence electrons. The summed E-state index contributed by atoms with van der Waals surface area (Å²) in [6.45, 7) is 2.86. The minimum absolute atomic E-state index is 0.194. The predicted octanol–water partition coefficient (Wildman–Crippen LogP) is 3.73. The van der Waals surface area contributed by atoms with E-state index in [-0.39, 0.29) is 11.1 Å². The number of rotatable bonds is 5. The van der Waals surface area contributed by atoms with Gasteiger partial charge in [0.05, 0.1) is 11.0 Å². The predicted molar refractivity (Wildman–Crippen MR) is 68.1 cm³/mol. The van der Waals surface area contributed by atoms with E-state index in [1.807, 2.05) is 0 Å². The molecule has 2 rings (SSSR count). The lowest BCUT2D eigenvalue weighted by molar-refractivity contribution is -0.384. The molecule has 0 unspecified atom stereocenters. The number of halogens is 1. The van der Waals surface area contributed by atoms with Gasteiger partial charge in [-0.05, 0) is 36.8 Å². The van der Waals surface area contributed by atoms with Crippen molar-refractivity contribution < 1.29 is 9.31 Å². The van der Waals surface area contributed by atoms with Crippen molar-refractivity contribution >= 4 is 11.4 Å². The molecule has 0 spiro atoms. The second kappa shape index (κ2) is 4.92. The summed E-state index contributed by atoms with van der Waals surface area (Å²) in [5, 5.41) is 14.0. The van der Waals surface area contributed by atoms with Crippen molar-refractivity contribution in [1.82, 2.24) is 0 Å². The quantitative estimate of drug-likeness (QED) is 0.641. The maximum Gasteiger partial charge on any atom is 0.295 e. The van der Waals surface area contributed by atoms with Crippen molar-refractivity contribution in [1.29, 1.82) is 0 Å². The largest absolute Gasteiger partial charge is 0.379 e. The molecule has 0 radical (unpaired) electrons. The van der Waals surface area contributed by atoms with Crippen LogP contribution in [-0.2, 0) is 0 Å². The van der Waals surface area contributed by atoms with Gasteiger partial charge in [0, 0.05) is 6.54 Å². The fraction of sp³-hybridized carbons (Fsp3) is 0.538. The summed E-state index contributed by atoms with van der Waals surface area (Å²) >= 11 is 0. The van der Waals surface area contributed by atoms with Gasteiger partial charge < -0.3 is 5.32 Å². The van der Waals surface area contributed by atoms with Gasteiger partial charge >= 0.3 is 0 Å². The molecule has 0 amide bonds. The highest BCUT2D eigenvalue weighted by molar-refractivity contribution is 5.61. The zero-order valence-electron chi connectivity index (χ0n) is 10.4. The highest BCUT2D eigenvalue weighted by Gasteiger charge is 2.35. The number of nitrogens with zero attached hydrogens (tertiary/aromatic N) is 1. The molecule has 18 heavy (non-hydrogen) atoms. The Kier molecular flexibility index (Phi) is 3.50. The first-order valence-corrected chi connectivity index (χ1v) is 6.24. The molecule has 4 nitrogen and oxygen atoms in total. The summed E-state index contributed by atoms with van der Waals surface area (Å²) < 4.78 is 13.0. The molecular weight excluding hydrogens is 235 g/mol. The van der Waals surface area contributed by atoms with E-state index in [0.29, 0.717) is 5.69 Å². The average molecular weight is 252 g/mol. The molecule has 1 aliphatic carbocycles. The van der Waals surface area contributed by atoms with E-state index in [9.17, 15) is 14.5 Å². The molecule has 0 atom stereocenters. The van der Waals surface area contributed by atoms with Crippen LogP contribution in [-0.4, -0.2) is 11.5 Å². The van der Waals surface area contributed by atoms with Gasteiger partial charge in [0.2, 0.25) is 0 Å². The van der Waals surface area contributed by atoms with Crippen LogP contribution in [0.4, 0.5) is 15.8 Å². The third-order valence-corrected chi connectivity index (χ3v) is 3.97. The van der Waals surface area contributed by atoms with Crippen LogP contribution in [0.15, 0.2) is 18.2 Å². The van der Waals surface area contributed by atoms with E-state index < -0.39 is 10.7 Å². The van der Waals surface area contributed by atoms with Crippen LogP contribution in [0.5, 0.6) is 0 Å². The van der Waals surface area contributed by atoms with Crippen molar-refractivity contribution in [2.45, 2.75) is 32.6 Å². The lowest BCUT2D eigenvalue weighted by Gasteiger charge is -2.41. The molecule has 1 aliphatic rings. The van der Waals surface area contributed by atoms with E-state index in [1.165, 1.54) is 18.6 Å². The molecule has 0 saturated heterocycles. The van der Waals surface area contributed by atoms with Crippen LogP contribution in [0.1, 0.15) is 32.6 Å². The normalized spacial score (nSPS) is 17.0. The molecule has 0 bridgehead atoms. The monoisotopic (exact) mass is 252 g/mol. The van der Waals surface area contributed by atoms with Crippen LogP contribution in [0.3, 0.4) is 0 Å². The van der Waals surface area contributed by atoms with Crippen LogP contribution < -0.4 is 5.32 Å². The smallest absolute Gasteiger partial charge is 0.295 e. The SMILES string of the molecule is CCC1(CNc2ccc(F)cc2[N+](=O)[O-])CCC1. The molecule has 0 heterocycles. The number of hydrogen-bond acceptors (Lipinski definition) is 3. The maximum atomic E-state index is 13.0. The number of anilines is 1. The molecule has 5 heteroatoms. The Morgan fingerprint density at radius 2 is 2.22 bits per heavy atom. The van der Waals surface area contributed by atoms with Gasteiger partial charge in [-0.3, -0.25) is 10.1 Å². The summed E-state index contributed by atoms with van der Waals surface area (Å²) in [6, 6.07) is 3.64. The van der Waals surface area contributed by atoms with Gasteiger partial charge in [0.25, 0.3) is 5.69 Å². The van der Waals surface area contributed by atoms with E-state index in [0.717, 1.165) is 31.9 Å². The number of hydrogen-bond donors (Lipinski definition) is 1. The van der Waals surface area contributed by atoms with Crippen molar-refractivity contribution in [2.24, 2.45) is 5.41 Å². The highest BCUT2D eigenvalue weighted by atomic mass is 19.1. The van der Waals surface area contributed by atoms with Gasteiger partial charge in [0.1, 0.15) is 11.5 Å². The van der Waals surface area contributed by atoms with Crippen molar-refractivity contribution in [3.8, 4) is 0 Å². The number of nitro benzene ring substituents is 1. The molecule has 0 aliphatic heterocycles. The van der Waals surface area contributed by atoms with Crippen molar-refractivity contribution in [2.75, 3.05) is 11.9 Å². The van der Waals surface area contributed by atoms with Crippen molar-refractivity contribution in [3.63, 3.8) is 0 Å². The number of benzene rings is 1. The average Bonchev–Trinajstić information content (AvgIpc) is 2.29. The fourth-order valence-corrected chi connectivity index (χ4v) is 2.42. The van der Waals surface area contributed by atoms with Gasteiger partial charge in [-0.1, -0.05) is 13.3 Å². The van der Waals surface area contributed by atoms with Gasteiger partial charge in [-0.15, -0.1) is 0 Å². The Bertz CT molecular complexity index is 453. The summed E-state index contributed by atoms with van der Waals surface area (Å²) in [5.41, 5.74) is 0.476. The summed E-state index contributed by atoms with van der Waals surface area (Å²) in [5.74, 6) is -0.582. The van der Waals surface area contributed by atoms with E-state index in [2.05, 4.69) is 12.2 Å². The Hall–Kier alpha value is -1.65. The number of nitrogens with one attached hydrogen (secondary N) is 1. The lowest BCUT2D eigenvalue weighted by atomic mass is 9.67. The third-order valence-electron chi connectivity index (χ3n) is 3.97. The zero-order chi connectivity index (χ0) is 13.2. The standard InChI is InChI=1S/C13H17FN2O2/c1-2-13(6-3-7-13)9-15-11-5-4-10(14)8-12(11)16(17)18/h4-5,8,15H,2-3,6-7,9H2,1H3. The highest BCUT2D eigenvalue weighted by Crippen LogP contribution is 2.44. The molecule has 1 saturated carbocycles. The van der Waals surface area contributed by atoms with Crippen LogP contribution in [0.25, 0.3) is 0 Å². The minimum atomic E-state index is -0.582.